The quantitative estimate of drug-likeness (QED) is 0.722. The van der Waals surface area contributed by atoms with E-state index >= 15 is 0 Å². The van der Waals surface area contributed by atoms with Crippen molar-refractivity contribution in [1.29, 1.82) is 0 Å². The fourth-order valence-corrected chi connectivity index (χ4v) is 3.62. The summed E-state index contributed by atoms with van der Waals surface area (Å²) in [7, 11) is 0. The highest BCUT2D eigenvalue weighted by atomic mass is 16.5. The molecule has 0 saturated carbocycles. The van der Waals surface area contributed by atoms with Gasteiger partial charge in [-0.05, 0) is 49.8 Å². The molecule has 0 radical (unpaired) electrons. The summed E-state index contributed by atoms with van der Waals surface area (Å²) in [6.07, 6.45) is 4.81. The summed E-state index contributed by atoms with van der Waals surface area (Å²) >= 11 is 0. The zero-order valence-electron chi connectivity index (χ0n) is 16.0. The molecule has 1 fully saturated rings. The van der Waals surface area contributed by atoms with Gasteiger partial charge in [0.05, 0.1) is 11.9 Å². The zero-order valence-corrected chi connectivity index (χ0v) is 16.0. The maximum Gasteiger partial charge on any atom is 0.272 e. The number of hydrogen-bond donors (Lipinski definition) is 1. The molecule has 1 aliphatic heterocycles. The number of amides is 1. The minimum absolute atomic E-state index is 0.00184. The van der Waals surface area contributed by atoms with Crippen LogP contribution in [-0.2, 0) is 6.42 Å². The first-order valence-electron chi connectivity index (χ1n) is 9.67. The molecule has 144 valence electrons. The molecule has 1 saturated heterocycles. The van der Waals surface area contributed by atoms with E-state index in [4.69, 9.17) is 4.52 Å². The summed E-state index contributed by atoms with van der Waals surface area (Å²) in [4.78, 5) is 19.0. The second kappa shape index (κ2) is 8.25. The van der Waals surface area contributed by atoms with Crippen LogP contribution in [0.1, 0.15) is 34.7 Å². The summed E-state index contributed by atoms with van der Waals surface area (Å²) in [5, 5.41) is 7.00. The lowest BCUT2D eigenvalue weighted by Crippen LogP contribution is -2.39. The molecule has 0 aliphatic carbocycles. The summed E-state index contributed by atoms with van der Waals surface area (Å²) < 4.78 is 5.03. The van der Waals surface area contributed by atoms with Crippen LogP contribution in [0.4, 0.5) is 11.5 Å². The third-order valence-corrected chi connectivity index (χ3v) is 5.15. The topological polar surface area (TPSA) is 71.3 Å². The molecule has 0 unspecified atom stereocenters. The standard InChI is InChI=1S/C22H24N4O2/c1-16-13-21(25-28-16)24-19-7-8-20(23-15-19)22(27)26-11-9-18(10-12-26)14-17-5-3-2-4-6-17/h2-8,13,15,18H,9-12,14H2,1H3,(H,24,25). The molecule has 1 amide bonds. The van der Waals surface area contributed by atoms with Crippen molar-refractivity contribution < 1.29 is 9.32 Å². The van der Waals surface area contributed by atoms with Crippen LogP contribution in [0.15, 0.2) is 59.3 Å². The molecule has 1 N–H and O–H groups in total. The third kappa shape index (κ3) is 4.39. The van der Waals surface area contributed by atoms with Gasteiger partial charge in [-0.3, -0.25) is 4.79 Å². The van der Waals surface area contributed by atoms with Crippen LogP contribution in [0, 0.1) is 12.8 Å². The third-order valence-electron chi connectivity index (χ3n) is 5.15. The molecule has 1 aromatic carbocycles. The Morgan fingerprint density at radius 1 is 1.18 bits per heavy atom. The normalized spacial score (nSPS) is 14.8. The molecule has 2 aromatic heterocycles. The summed E-state index contributed by atoms with van der Waals surface area (Å²) in [5.41, 5.74) is 2.62. The average Bonchev–Trinajstić information content (AvgIpc) is 3.14. The Balaban J connectivity index is 1.31. The zero-order chi connectivity index (χ0) is 19.3. The van der Waals surface area contributed by atoms with Crippen LogP contribution in [0.25, 0.3) is 0 Å². The van der Waals surface area contributed by atoms with Crippen LogP contribution >= 0.6 is 0 Å². The van der Waals surface area contributed by atoms with E-state index in [2.05, 4.69) is 39.7 Å². The highest BCUT2D eigenvalue weighted by Crippen LogP contribution is 2.23. The van der Waals surface area contributed by atoms with Crippen molar-refractivity contribution in [2.45, 2.75) is 26.2 Å². The Labute approximate surface area is 164 Å². The first-order valence-corrected chi connectivity index (χ1v) is 9.67. The van der Waals surface area contributed by atoms with E-state index in [1.165, 1.54) is 5.56 Å². The number of nitrogens with one attached hydrogen (secondary N) is 1. The molecule has 28 heavy (non-hydrogen) atoms. The number of carbonyl (C=O) groups is 1. The first kappa shape index (κ1) is 18.2. The monoisotopic (exact) mass is 376 g/mol. The number of piperidine rings is 1. The highest BCUT2D eigenvalue weighted by molar-refractivity contribution is 5.92. The van der Waals surface area contributed by atoms with Crippen molar-refractivity contribution in [1.82, 2.24) is 15.0 Å². The SMILES string of the molecule is Cc1cc(Nc2ccc(C(=O)N3CCC(Cc4ccccc4)CC3)nc2)no1. The van der Waals surface area contributed by atoms with Crippen LogP contribution in [0.2, 0.25) is 0 Å². The van der Waals surface area contributed by atoms with Crippen molar-refractivity contribution in [3.8, 4) is 0 Å². The Morgan fingerprint density at radius 2 is 1.96 bits per heavy atom. The van der Waals surface area contributed by atoms with Crippen LogP contribution in [-0.4, -0.2) is 34.0 Å². The lowest BCUT2D eigenvalue weighted by molar-refractivity contribution is 0.0684. The van der Waals surface area contributed by atoms with Crippen molar-refractivity contribution in [2.75, 3.05) is 18.4 Å². The number of anilines is 2. The van der Waals surface area contributed by atoms with Gasteiger partial charge in [0, 0.05) is 19.2 Å². The van der Waals surface area contributed by atoms with Gasteiger partial charge in [-0.1, -0.05) is 35.5 Å². The summed E-state index contributed by atoms with van der Waals surface area (Å²) in [5.74, 6) is 2.00. The van der Waals surface area contributed by atoms with E-state index in [1.54, 1.807) is 18.3 Å². The number of benzene rings is 1. The Kier molecular flexibility index (Phi) is 5.37. The van der Waals surface area contributed by atoms with Gasteiger partial charge in [0.2, 0.25) is 0 Å². The molecular formula is C22H24N4O2. The van der Waals surface area contributed by atoms with Gasteiger partial charge in [0.1, 0.15) is 11.5 Å². The van der Waals surface area contributed by atoms with Crippen LogP contribution in [0.5, 0.6) is 0 Å². The van der Waals surface area contributed by atoms with Crippen molar-refractivity contribution in [2.24, 2.45) is 5.92 Å². The molecule has 6 heteroatoms. The number of aromatic nitrogens is 2. The van der Waals surface area contributed by atoms with E-state index in [0.717, 1.165) is 43.8 Å². The average molecular weight is 376 g/mol. The molecule has 1 aliphatic rings. The lowest BCUT2D eigenvalue weighted by Gasteiger charge is -2.32. The van der Waals surface area contributed by atoms with Gasteiger partial charge >= 0.3 is 0 Å². The second-order valence-electron chi connectivity index (χ2n) is 7.31. The van der Waals surface area contributed by atoms with Crippen molar-refractivity contribution in [3.63, 3.8) is 0 Å². The van der Waals surface area contributed by atoms with Gasteiger partial charge in [0.15, 0.2) is 5.82 Å². The number of hydrogen-bond acceptors (Lipinski definition) is 5. The minimum Gasteiger partial charge on any atom is -0.360 e. The molecule has 0 bridgehead atoms. The number of pyridine rings is 1. The molecular weight excluding hydrogens is 352 g/mol. The number of likely N-dealkylation sites (tertiary alicyclic amines) is 1. The predicted molar refractivity (Wildman–Crippen MR) is 108 cm³/mol. The molecule has 3 heterocycles. The Bertz CT molecular complexity index is 913. The maximum atomic E-state index is 12.8. The summed E-state index contributed by atoms with van der Waals surface area (Å²) in [6, 6.07) is 16.0. The number of aryl methyl sites for hydroxylation is 1. The fourth-order valence-electron chi connectivity index (χ4n) is 3.62. The first-order chi connectivity index (χ1) is 13.7. The molecule has 0 spiro atoms. The van der Waals surface area contributed by atoms with Crippen molar-refractivity contribution in [3.05, 3.63) is 71.7 Å². The molecule has 4 rings (SSSR count). The molecule has 3 aromatic rings. The van der Waals surface area contributed by atoms with Crippen molar-refractivity contribution >= 4 is 17.4 Å². The smallest absolute Gasteiger partial charge is 0.272 e. The number of rotatable bonds is 5. The van der Waals surface area contributed by atoms with E-state index < -0.39 is 0 Å². The number of carbonyl (C=O) groups excluding carboxylic acids is 1. The fraction of sp³-hybridized carbons (Fsp3) is 0.318. The van der Waals surface area contributed by atoms with E-state index in [1.807, 2.05) is 24.0 Å². The van der Waals surface area contributed by atoms with Gasteiger partial charge in [-0.2, -0.15) is 0 Å². The van der Waals surface area contributed by atoms with E-state index in [0.29, 0.717) is 17.4 Å². The lowest BCUT2D eigenvalue weighted by atomic mass is 9.90. The largest absolute Gasteiger partial charge is 0.360 e. The number of nitrogens with zero attached hydrogens (tertiary/aromatic N) is 3. The second-order valence-corrected chi connectivity index (χ2v) is 7.31. The molecule has 6 nitrogen and oxygen atoms in total. The minimum atomic E-state index is 0.00184. The van der Waals surface area contributed by atoms with Crippen LogP contribution < -0.4 is 5.32 Å². The van der Waals surface area contributed by atoms with Gasteiger partial charge < -0.3 is 14.7 Å². The summed E-state index contributed by atoms with van der Waals surface area (Å²) in [6.45, 7) is 3.41. The predicted octanol–water partition coefficient (Wildman–Crippen LogP) is 4.22. The van der Waals surface area contributed by atoms with Crippen LogP contribution in [0.3, 0.4) is 0 Å². The van der Waals surface area contributed by atoms with Gasteiger partial charge in [0.25, 0.3) is 5.91 Å². The maximum absolute atomic E-state index is 12.8. The Morgan fingerprint density at radius 3 is 2.61 bits per heavy atom. The van der Waals surface area contributed by atoms with Gasteiger partial charge in [-0.15, -0.1) is 0 Å². The van der Waals surface area contributed by atoms with E-state index in [9.17, 15) is 4.79 Å². The Hall–Kier alpha value is -3.15. The van der Waals surface area contributed by atoms with Gasteiger partial charge in [-0.25, -0.2) is 4.98 Å². The molecule has 0 atom stereocenters. The van der Waals surface area contributed by atoms with E-state index in [-0.39, 0.29) is 5.91 Å². The highest BCUT2D eigenvalue weighted by Gasteiger charge is 2.24.